The molecule has 142 valence electrons. The number of nitrogens with zero attached hydrogens (tertiary/aromatic N) is 1. The average molecular weight is 395 g/mol. The molecule has 1 aromatic heterocycles. The summed E-state index contributed by atoms with van der Waals surface area (Å²) in [7, 11) is 0. The Morgan fingerprint density at radius 2 is 1.86 bits per heavy atom. The monoisotopic (exact) mass is 395 g/mol. The van der Waals surface area contributed by atoms with Gasteiger partial charge in [-0.15, -0.1) is 11.3 Å². The molecular weight excluding hydrogens is 377 g/mol. The number of amides is 2. The minimum Gasteiger partial charge on any atom is -0.349 e. The van der Waals surface area contributed by atoms with Gasteiger partial charge in [-0.05, 0) is 49.2 Å². The van der Waals surface area contributed by atoms with Crippen molar-refractivity contribution in [1.82, 2.24) is 10.3 Å². The van der Waals surface area contributed by atoms with Gasteiger partial charge < -0.3 is 10.6 Å². The summed E-state index contributed by atoms with van der Waals surface area (Å²) in [4.78, 5) is 29.2. The fourth-order valence-corrected chi connectivity index (χ4v) is 3.58. The number of anilines is 1. The van der Waals surface area contributed by atoms with E-state index in [9.17, 15) is 14.0 Å². The second-order valence-electron chi connectivity index (χ2n) is 6.67. The summed E-state index contributed by atoms with van der Waals surface area (Å²) < 4.78 is 13.1. The SMILES string of the molecule is O=C(Cc1csc(-c2ccc(F)cc2)n1)Nc1ccccc1C(=O)NC1CC1. The van der Waals surface area contributed by atoms with Crippen molar-refractivity contribution in [1.29, 1.82) is 0 Å². The van der Waals surface area contributed by atoms with Crippen LogP contribution in [0, 0.1) is 5.82 Å². The highest BCUT2D eigenvalue weighted by Crippen LogP contribution is 2.25. The summed E-state index contributed by atoms with van der Waals surface area (Å²) in [5.41, 5.74) is 2.37. The lowest BCUT2D eigenvalue weighted by molar-refractivity contribution is -0.115. The van der Waals surface area contributed by atoms with Crippen LogP contribution in [0.4, 0.5) is 10.1 Å². The Hall–Kier alpha value is -3.06. The van der Waals surface area contributed by atoms with E-state index in [1.165, 1.54) is 23.5 Å². The Balaban J connectivity index is 1.42. The highest BCUT2D eigenvalue weighted by Gasteiger charge is 2.25. The van der Waals surface area contributed by atoms with E-state index in [0.29, 0.717) is 16.9 Å². The zero-order valence-electron chi connectivity index (χ0n) is 14.9. The third-order valence-electron chi connectivity index (χ3n) is 4.34. The van der Waals surface area contributed by atoms with Crippen LogP contribution in [0.2, 0.25) is 0 Å². The predicted octanol–water partition coefficient (Wildman–Crippen LogP) is 4.02. The number of carbonyl (C=O) groups excluding carboxylic acids is 2. The second-order valence-corrected chi connectivity index (χ2v) is 7.53. The van der Waals surface area contributed by atoms with Gasteiger partial charge in [0, 0.05) is 17.0 Å². The minimum atomic E-state index is -0.302. The molecule has 28 heavy (non-hydrogen) atoms. The molecular formula is C21H18FN3O2S. The van der Waals surface area contributed by atoms with Gasteiger partial charge >= 0.3 is 0 Å². The number of nitrogens with one attached hydrogen (secondary N) is 2. The predicted molar refractivity (Wildman–Crippen MR) is 107 cm³/mol. The van der Waals surface area contributed by atoms with E-state index in [1.807, 2.05) is 5.38 Å². The Labute approximate surface area is 165 Å². The van der Waals surface area contributed by atoms with Crippen LogP contribution in [0.5, 0.6) is 0 Å². The lowest BCUT2D eigenvalue weighted by Gasteiger charge is -2.10. The molecule has 5 nitrogen and oxygen atoms in total. The molecule has 0 spiro atoms. The third kappa shape index (κ3) is 4.43. The Kier molecular flexibility index (Phi) is 5.16. The van der Waals surface area contributed by atoms with Gasteiger partial charge in [0.1, 0.15) is 10.8 Å². The van der Waals surface area contributed by atoms with Crippen LogP contribution in [-0.4, -0.2) is 22.8 Å². The molecule has 1 fully saturated rings. The summed E-state index contributed by atoms with van der Waals surface area (Å²) >= 11 is 1.40. The number of aromatic nitrogens is 1. The van der Waals surface area contributed by atoms with Crippen molar-refractivity contribution in [2.24, 2.45) is 0 Å². The first-order valence-corrected chi connectivity index (χ1v) is 9.86. The fraction of sp³-hybridized carbons (Fsp3) is 0.190. The number of rotatable bonds is 6. The molecule has 0 atom stereocenters. The van der Waals surface area contributed by atoms with Gasteiger partial charge in [-0.1, -0.05) is 12.1 Å². The maximum absolute atomic E-state index is 13.1. The maximum Gasteiger partial charge on any atom is 0.253 e. The molecule has 4 rings (SSSR count). The largest absolute Gasteiger partial charge is 0.349 e. The quantitative estimate of drug-likeness (QED) is 0.662. The van der Waals surface area contributed by atoms with Gasteiger partial charge in [0.05, 0.1) is 23.4 Å². The van der Waals surface area contributed by atoms with Crippen LogP contribution < -0.4 is 10.6 Å². The summed E-state index contributed by atoms with van der Waals surface area (Å²) in [5.74, 6) is -0.724. The fourth-order valence-electron chi connectivity index (χ4n) is 2.75. The highest BCUT2D eigenvalue weighted by molar-refractivity contribution is 7.13. The number of benzene rings is 2. The zero-order valence-corrected chi connectivity index (χ0v) is 15.8. The van der Waals surface area contributed by atoms with Crippen LogP contribution in [0.1, 0.15) is 28.9 Å². The standard InChI is InChI=1S/C21H18FN3O2S/c22-14-7-5-13(6-8-14)21-24-16(12-28-21)11-19(26)25-18-4-2-1-3-17(18)20(27)23-15-9-10-15/h1-8,12,15H,9-11H2,(H,23,27)(H,25,26). The Morgan fingerprint density at radius 1 is 1.11 bits per heavy atom. The average Bonchev–Trinajstić information content (AvgIpc) is 3.38. The van der Waals surface area contributed by atoms with Crippen molar-refractivity contribution in [3.63, 3.8) is 0 Å². The van der Waals surface area contributed by atoms with E-state index in [-0.39, 0.29) is 30.1 Å². The number of halogens is 1. The van der Waals surface area contributed by atoms with Crippen molar-refractivity contribution in [2.45, 2.75) is 25.3 Å². The van der Waals surface area contributed by atoms with Crippen molar-refractivity contribution < 1.29 is 14.0 Å². The first kappa shape index (κ1) is 18.3. The van der Waals surface area contributed by atoms with Crippen molar-refractivity contribution in [3.05, 3.63) is 71.0 Å². The summed E-state index contributed by atoms with van der Waals surface area (Å²) in [5, 5.41) is 8.27. The van der Waals surface area contributed by atoms with Crippen LogP contribution in [-0.2, 0) is 11.2 Å². The lowest BCUT2D eigenvalue weighted by atomic mass is 10.1. The van der Waals surface area contributed by atoms with Gasteiger partial charge in [0.25, 0.3) is 5.91 Å². The molecule has 1 aliphatic carbocycles. The molecule has 1 aliphatic rings. The molecule has 1 saturated carbocycles. The van der Waals surface area contributed by atoms with Gasteiger partial charge in [0.15, 0.2) is 0 Å². The second kappa shape index (κ2) is 7.90. The molecule has 2 amide bonds. The van der Waals surface area contributed by atoms with Crippen molar-refractivity contribution in [2.75, 3.05) is 5.32 Å². The number of hydrogen-bond donors (Lipinski definition) is 2. The van der Waals surface area contributed by atoms with Crippen LogP contribution in [0.3, 0.4) is 0 Å². The molecule has 0 bridgehead atoms. The molecule has 2 aromatic carbocycles. The van der Waals surface area contributed by atoms with E-state index in [2.05, 4.69) is 15.6 Å². The van der Waals surface area contributed by atoms with Gasteiger partial charge in [-0.3, -0.25) is 9.59 Å². The third-order valence-corrected chi connectivity index (χ3v) is 5.28. The lowest BCUT2D eigenvalue weighted by Crippen LogP contribution is -2.27. The van der Waals surface area contributed by atoms with E-state index in [0.717, 1.165) is 23.4 Å². The van der Waals surface area contributed by atoms with Gasteiger partial charge in [-0.25, -0.2) is 9.37 Å². The van der Waals surface area contributed by atoms with E-state index < -0.39 is 0 Å². The van der Waals surface area contributed by atoms with Crippen LogP contribution in [0.15, 0.2) is 53.9 Å². The number of thiazole rings is 1. The molecule has 0 unspecified atom stereocenters. The molecule has 3 aromatic rings. The zero-order chi connectivity index (χ0) is 19.5. The maximum atomic E-state index is 13.1. The molecule has 7 heteroatoms. The van der Waals surface area contributed by atoms with E-state index in [4.69, 9.17) is 0 Å². The number of para-hydroxylation sites is 1. The first-order chi connectivity index (χ1) is 13.6. The number of hydrogen-bond acceptors (Lipinski definition) is 4. The number of carbonyl (C=O) groups is 2. The van der Waals surface area contributed by atoms with Crippen molar-refractivity contribution in [3.8, 4) is 10.6 Å². The summed E-state index contributed by atoms with van der Waals surface area (Å²) in [6.07, 6.45) is 2.09. The summed E-state index contributed by atoms with van der Waals surface area (Å²) in [6.45, 7) is 0. The molecule has 0 aliphatic heterocycles. The topological polar surface area (TPSA) is 71.1 Å². The normalized spacial score (nSPS) is 13.2. The van der Waals surface area contributed by atoms with Crippen molar-refractivity contribution >= 4 is 28.8 Å². The smallest absolute Gasteiger partial charge is 0.253 e. The molecule has 0 radical (unpaired) electrons. The van der Waals surface area contributed by atoms with E-state index >= 15 is 0 Å². The first-order valence-electron chi connectivity index (χ1n) is 8.98. The molecule has 2 N–H and O–H groups in total. The van der Waals surface area contributed by atoms with Crippen LogP contribution in [0.25, 0.3) is 10.6 Å². The van der Waals surface area contributed by atoms with Gasteiger partial charge in [0.2, 0.25) is 5.91 Å². The van der Waals surface area contributed by atoms with E-state index in [1.54, 1.807) is 36.4 Å². The Morgan fingerprint density at radius 3 is 2.61 bits per heavy atom. The Bertz CT molecular complexity index is 1010. The highest BCUT2D eigenvalue weighted by atomic mass is 32.1. The van der Waals surface area contributed by atoms with Gasteiger partial charge in [-0.2, -0.15) is 0 Å². The summed E-state index contributed by atoms with van der Waals surface area (Å²) in [6, 6.07) is 13.3. The molecule has 0 saturated heterocycles. The van der Waals surface area contributed by atoms with Crippen LogP contribution >= 0.6 is 11.3 Å². The minimum absolute atomic E-state index is 0.0935. The molecule has 1 heterocycles.